The fourth-order valence-corrected chi connectivity index (χ4v) is 10.2. The Kier molecular flexibility index (Phi) is 59.3. The van der Waals surface area contributed by atoms with Crippen molar-refractivity contribution in [3.05, 3.63) is 109 Å². The molecule has 1 N–H and O–H groups in total. The van der Waals surface area contributed by atoms with Gasteiger partial charge in [0.25, 0.3) is 7.82 Å². The molecule has 9 nitrogen and oxygen atoms in total. The van der Waals surface area contributed by atoms with Crippen LogP contribution in [0.3, 0.4) is 0 Å². The van der Waals surface area contributed by atoms with Crippen molar-refractivity contribution in [3.63, 3.8) is 0 Å². The first-order valence-electron chi connectivity index (χ1n) is 34.2. The van der Waals surface area contributed by atoms with E-state index in [1.165, 1.54) is 128 Å². The molecule has 10 heteroatoms. The van der Waals surface area contributed by atoms with E-state index in [2.05, 4.69) is 123 Å². The molecule has 0 aromatic carbocycles. The van der Waals surface area contributed by atoms with E-state index in [0.717, 1.165) is 128 Å². The molecule has 0 heterocycles. The van der Waals surface area contributed by atoms with Crippen molar-refractivity contribution < 1.29 is 37.3 Å². The lowest BCUT2D eigenvalue weighted by Gasteiger charge is -2.30. The van der Waals surface area contributed by atoms with Gasteiger partial charge in [-0.05, 0) is 115 Å². The van der Waals surface area contributed by atoms with E-state index in [1.54, 1.807) is 0 Å². The second kappa shape index (κ2) is 61.7. The Balaban J connectivity index is 5.22. The van der Waals surface area contributed by atoms with Gasteiger partial charge in [0.15, 0.2) is 0 Å². The first-order chi connectivity index (χ1) is 40.4. The summed E-state index contributed by atoms with van der Waals surface area (Å²) in [5.74, 6) is -0.562. The number of carbonyl (C=O) groups excluding carboxylic acids is 2. The third-order valence-electron chi connectivity index (χ3n) is 14.7. The number of hydrogen-bond donors (Lipinski definition) is 1. The van der Waals surface area contributed by atoms with Crippen molar-refractivity contribution in [3.8, 4) is 0 Å². The molecule has 0 aliphatic heterocycles. The predicted octanol–water partition coefficient (Wildman–Crippen LogP) is 21.0. The molecule has 0 aromatic rings. The molecule has 0 rings (SSSR count). The van der Waals surface area contributed by atoms with Gasteiger partial charge in [-0.3, -0.25) is 14.2 Å². The zero-order chi connectivity index (χ0) is 60.7. The molecule has 0 radical (unpaired) electrons. The molecule has 83 heavy (non-hydrogen) atoms. The van der Waals surface area contributed by atoms with E-state index >= 15 is 0 Å². The Bertz CT molecular complexity index is 1790. The van der Waals surface area contributed by atoms with Crippen molar-refractivity contribution >= 4 is 19.7 Å². The highest BCUT2D eigenvalue weighted by Gasteiger charge is 2.27. The number of nitrogens with zero attached hydrogens (tertiary/aromatic N) is 1. The summed E-state index contributed by atoms with van der Waals surface area (Å²) in [6.07, 6.45) is 84.8. The number of esters is 1. The lowest BCUT2D eigenvalue weighted by atomic mass is 10.0. The molecule has 478 valence electrons. The lowest BCUT2D eigenvalue weighted by Crippen LogP contribution is -2.47. The zero-order valence-electron chi connectivity index (χ0n) is 54.6. The number of carbonyl (C=O) groups is 2. The Labute approximate surface area is 512 Å². The second-order valence-corrected chi connectivity index (χ2v) is 25.4. The summed E-state index contributed by atoms with van der Waals surface area (Å²) in [7, 11) is 1.16. The molecular weight excluding hydrogens is 1050 g/mol. The number of rotatable bonds is 61. The quantitative estimate of drug-likeness (QED) is 0.0212. The number of hydrogen-bond acceptors (Lipinski definition) is 7. The van der Waals surface area contributed by atoms with Gasteiger partial charge in [-0.2, -0.15) is 0 Å². The Morgan fingerprint density at radius 3 is 1.18 bits per heavy atom. The van der Waals surface area contributed by atoms with E-state index in [9.17, 15) is 19.0 Å². The van der Waals surface area contributed by atoms with E-state index in [-0.39, 0.29) is 24.9 Å². The Morgan fingerprint density at radius 2 is 0.771 bits per heavy atom. The highest BCUT2D eigenvalue weighted by atomic mass is 31.2. The van der Waals surface area contributed by atoms with Crippen molar-refractivity contribution in [2.75, 3.05) is 40.9 Å². The largest absolute Gasteiger partial charge is 0.756 e. The van der Waals surface area contributed by atoms with Crippen LogP contribution in [-0.4, -0.2) is 69.4 Å². The number of phosphoric acid groups is 1. The van der Waals surface area contributed by atoms with Gasteiger partial charge < -0.3 is 28.5 Å². The molecule has 0 fully saturated rings. The second-order valence-electron chi connectivity index (χ2n) is 23.9. The predicted molar refractivity (Wildman–Crippen MR) is 357 cm³/mol. The molecule has 3 unspecified atom stereocenters. The molecule has 1 amide bonds. The van der Waals surface area contributed by atoms with Gasteiger partial charge in [-0.1, -0.05) is 272 Å². The number of likely N-dealkylation sites (N-methyl/N-ethyl adjacent to an activating group) is 1. The summed E-state index contributed by atoms with van der Waals surface area (Å²) < 4.78 is 30.4. The van der Waals surface area contributed by atoms with Crippen LogP contribution in [0.1, 0.15) is 290 Å². The maximum Gasteiger partial charge on any atom is 0.306 e. The van der Waals surface area contributed by atoms with Gasteiger partial charge in [0, 0.05) is 12.8 Å². The van der Waals surface area contributed by atoms with E-state index in [4.69, 9.17) is 13.8 Å². The minimum absolute atomic E-state index is 0.0310. The monoisotopic (exact) mass is 1180 g/mol. The van der Waals surface area contributed by atoms with Crippen LogP contribution in [0.2, 0.25) is 0 Å². The van der Waals surface area contributed by atoms with Crippen molar-refractivity contribution in [1.82, 2.24) is 5.32 Å². The Morgan fingerprint density at radius 1 is 0.434 bits per heavy atom. The van der Waals surface area contributed by atoms with Crippen LogP contribution in [0.15, 0.2) is 109 Å². The molecule has 0 aliphatic rings. The van der Waals surface area contributed by atoms with Gasteiger partial charge in [0.1, 0.15) is 19.3 Å². The van der Waals surface area contributed by atoms with Gasteiger partial charge >= 0.3 is 5.97 Å². The summed E-state index contributed by atoms with van der Waals surface area (Å²) in [4.78, 5) is 40.2. The smallest absolute Gasteiger partial charge is 0.306 e. The first kappa shape index (κ1) is 79.7. The summed E-state index contributed by atoms with van der Waals surface area (Å²) in [6.45, 7) is 6.70. The number of quaternary nitrogens is 1. The molecule has 0 spiro atoms. The van der Waals surface area contributed by atoms with Crippen LogP contribution in [0.4, 0.5) is 0 Å². The van der Waals surface area contributed by atoms with Gasteiger partial charge in [-0.25, -0.2) is 0 Å². The fraction of sp³-hybridized carbons (Fsp3) is 0.726. The molecule has 0 saturated heterocycles. The number of unbranched alkanes of at least 4 members (excludes halogenated alkanes) is 29. The van der Waals surface area contributed by atoms with Crippen LogP contribution < -0.4 is 10.2 Å². The number of nitrogens with one attached hydrogen (secondary N) is 1. The highest BCUT2D eigenvalue weighted by Crippen LogP contribution is 2.38. The van der Waals surface area contributed by atoms with E-state index in [0.29, 0.717) is 17.4 Å². The molecule has 3 atom stereocenters. The molecule has 0 bridgehead atoms. The third kappa shape index (κ3) is 63.0. The Hall–Kier alpha value is -3.33. The fourth-order valence-electron chi connectivity index (χ4n) is 9.44. The van der Waals surface area contributed by atoms with Crippen LogP contribution in [0.25, 0.3) is 0 Å². The maximum absolute atomic E-state index is 13.6. The average molecular weight is 1180 g/mol. The van der Waals surface area contributed by atoms with Crippen LogP contribution in [-0.2, 0) is 27.9 Å². The number of amides is 1. The molecule has 0 saturated carbocycles. The van der Waals surface area contributed by atoms with Crippen LogP contribution >= 0.6 is 7.82 Å². The summed E-state index contributed by atoms with van der Waals surface area (Å²) >= 11 is 0. The summed E-state index contributed by atoms with van der Waals surface area (Å²) in [5, 5.41) is 3.03. The van der Waals surface area contributed by atoms with Crippen molar-refractivity contribution in [2.24, 2.45) is 0 Å². The number of ether oxygens (including phenoxy) is 1. The van der Waals surface area contributed by atoms with Gasteiger partial charge in [-0.15, -0.1) is 0 Å². The standard InChI is InChI=1S/C73H129N2O7P/c1-7-10-13-16-19-22-25-28-30-32-34-36-37-39-40-42-44-47-50-53-56-59-62-65-72(76)74-70(69-81-83(78,79)80-68-67-75(4,5)6)71(64-61-58-55-52-49-46-27-24-21-18-15-12-9-3)82-73(77)66-63-60-57-54-51-48-45-43-41-38-35-33-31-29-26-23-20-17-14-11-8-2/h10,13,19-20,22-23,28-31,34-36,38-40,61,64,70-71H,7-9,11-12,14-18,21,24-27,32-33,37,41-60,62-63,65-69H2,1-6H3,(H-,74,76,78,79)/b13-10-,22-19-,23-20-,30-28-,31-29-,36-34-,38-35-,40-39-,64-61+. The van der Waals surface area contributed by atoms with Crippen molar-refractivity contribution in [2.45, 2.75) is 303 Å². The van der Waals surface area contributed by atoms with Crippen LogP contribution in [0, 0.1) is 0 Å². The first-order valence-corrected chi connectivity index (χ1v) is 35.7. The number of allylic oxidation sites excluding steroid dienone is 17. The molecular formula is C73H129N2O7P. The van der Waals surface area contributed by atoms with Gasteiger partial charge in [0.2, 0.25) is 5.91 Å². The third-order valence-corrected chi connectivity index (χ3v) is 15.7. The maximum atomic E-state index is 13.6. The SMILES string of the molecule is CC/C=C\C/C=C\C/C=C\C/C=C\C/C=C\CCCCCCCCCC(=O)NC(COP(=O)([O-])OCC[N+](C)(C)C)C(/C=C/CCCCCCCCCCCCC)OC(=O)CCCCCCCCCC/C=C\C/C=C\C/C=C\CCCCC. The highest BCUT2D eigenvalue weighted by molar-refractivity contribution is 7.45. The zero-order valence-corrected chi connectivity index (χ0v) is 55.5. The molecule has 0 aromatic heterocycles. The summed E-state index contributed by atoms with van der Waals surface area (Å²) in [6, 6.07) is -0.906. The minimum atomic E-state index is -4.72. The van der Waals surface area contributed by atoms with Crippen LogP contribution in [0.5, 0.6) is 0 Å². The van der Waals surface area contributed by atoms with Crippen molar-refractivity contribution in [1.29, 1.82) is 0 Å². The summed E-state index contributed by atoms with van der Waals surface area (Å²) in [5.41, 5.74) is 0. The number of phosphoric ester groups is 1. The molecule has 0 aliphatic carbocycles. The average Bonchev–Trinajstić information content (AvgIpc) is 3.46. The van der Waals surface area contributed by atoms with E-state index in [1.807, 2.05) is 33.3 Å². The minimum Gasteiger partial charge on any atom is -0.756 e. The topological polar surface area (TPSA) is 114 Å². The lowest BCUT2D eigenvalue weighted by molar-refractivity contribution is -0.870. The van der Waals surface area contributed by atoms with Gasteiger partial charge in [0.05, 0.1) is 33.8 Å². The normalized spacial score (nSPS) is 14.3. The van der Waals surface area contributed by atoms with E-state index < -0.39 is 26.6 Å².